The molecule has 0 saturated heterocycles. The Kier molecular flexibility index (Phi) is 6.09. The van der Waals surface area contributed by atoms with Crippen LogP contribution in [0.5, 0.6) is 0 Å². The molecule has 0 unspecified atom stereocenters. The number of hydrogen-bond acceptors (Lipinski definition) is 4. The zero-order chi connectivity index (χ0) is 25.4. The van der Waals surface area contributed by atoms with Crippen LogP contribution in [0.25, 0.3) is 0 Å². The van der Waals surface area contributed by atoms with Crippen molar-refractivity contribution >= 4 is 11.6 Å². The van der Waals surface area contributed by atoms with Gasteiger partial charge in [-0.05, 0) is 109 Å². The van der Waals surface area contributed by atoms with Crippen LogP contribution in [0.1, 0.15) is 84.1 Å². The number of nitrogens with zero attached hydrogens (tertiary/aromatic N) is 1. The van der Waals surface area contributed by atoms with Gasteiger partial charge in [-0.1, -0.05) is 39.0 Å². The summed E-state index contributed by atoms with van der Waals surface area (Å²) in [5, 5.41) is 33.5. The zero-order valence-electron chi connectivity index (χ0n) is 22.3. The van der Waals surface area contributed by atoms with Gasteiger partial charge in [-0.3, -0.25) is 4.79 Å². The summed E-state index contributed by atoms with van der Waals surface area (Å²) >= 11 is 0. The molecule has 5 nitrogen and oxygen atoms in total. The molecule has 36 heavy (non-hydrogen) atoms. The molecule has 3 N–H and O–H groups in total. The molecule has 198 valence electrons. The minimum absolute atomic E-state index is 0.106. The van der Waals surface area contributed by atoms with Crippen molar-refractivity contribution in [3.05, 3.63) is 29.8 Å². The van der Waals surface area contributed by atoms with E-state index in [2.05, 4.69) is 26.8 Å². The van der Waals surface area contributed by atoms with Crippen molar-refractivity contribution in [2.75, 3.05) is 4.90 Å². The number of aliphatic hydroxyl groups excluding tert-OH is 3. The van der Waals surface area contributed by atoms with Crippen LogP contribution < -0.4 is 4.90 Å². The second-order valence-corrected chi connectivity index (χ2v) is 13.7. The number of hydrogen-bond donors (Lipinski definition) is 3. The molecule has 0 spiro atoms. The number of aliphatic hydroxyl groups is 3. The van der Waals surface area contributed by atoms with E-state index in [-0.39, 0.29) is 41.0 Å². The van der Waals surface area contributed by atoms with Crippen molar-refractivity contribution < 1.29 is 20.1 Å². The topological polar surface area (TPSA) is 81.0 Å². The van der Waals surface area contributed by atoms with Crippen LogP contribution >= 0.6 is 0 Å². The van der Waals surface area contributed by atoms with Crippen LogP contribution in [0.15, 0.2) is 24.3 Å². The molecule has 0 radical (unpaired) electrons. The summed E-state index contributed by atoms with van der Waals surface area (Å²) in [5.74, 6) is 2.20. The molecule has 6 rings (SSSR count). The fourth-order valence-electron chi connectivity index (χ4n) is 10.1. The van der Waals surface area contributed by atoms with Crippen molar-refractivity contribution in [1.82, 2.24) is 0 Å². The van der Waals surface area contributed by atoms with Crippen LogP contribution in [0.3, 0.4) is 0 Å². The van der Waals surface area contributed by atoms with Crippen LogP contribution in [-0.2, 0) is 11.3 Å². The summed E-state index contributed by atoms with van der Waals surface area (Å²) in [7, 11) is 0. The van der Waals surface area contributed by atoms with Crippen LogP contribution in [0.4, 0.5) is 5.69 Å². The molecule has 4 fully saturated rings. The van der Waals surface area contributed by atoms with Gasteiger partial charge in [-0.15, -0.1) is 0 Å². The van der Waals surface area contributed by atoms with Crippen LogP contribution in [0.2, 0.25) is 0 Å². The Labute approximate surface area is 216 Å². The Hall–Kier alpha value is -1.43. The molecule has 1 heterocycles. The molecule has 0 aromatic heterocycles. The van der Waals surface area contributed by atoms with E-state index < -0.39 is 0 Å². The van der Waals surface area contributed by atoms with Gasteiger partial charge in [0.1, 0.15) is 0 Å². The molecule has 4 saturated carbocycles. The molecule has 1 aliphatic heterocycles. The van der Waals surface area contributed by atoms with E-state index in [0.29, 0.717) is 36.0 Å². The minimum Gasteiger partial charge on any atom is -0.393 e. The quantitative estimate of drug-likeness (QED) is 0.554. The number of amides is 1. The number of para-hydroxylation sites is 1. The first-order valence-corrected chi connectivity index (χ1v) is 14.6. The summed E-state index contributed by atoms with van der Waals surface area (Å²) in [5.41, 5.74) is 2.21. The van der Waals surface area contributed by atoms with Crippen molar-refractivity contribution in [3.8, 4) is 0 Å². The Balaban J connectivity index is 1.16. The SMILES string of the molecule is C[C@H](CCC(=O)N1Cc2ccccc21)[C@H]1CC[C@H]2[C@@H]3[C@H](O)C[C@@H]4C[C@H](O)CC[C@]4(C)[C@H]3C[C@H](O)[C@]12C. The van der Waals surface area contributed by atoms with E-state index in [4.69, 9.17) is 0 Å². The molecule has 5 heteroatoms. The lowest BCUT2D eigenvalue weighted by Gasteiger charge is -2.63. The van der Waals surface area contributed by atoms with E-state index in [1.54, 1.807) is 0 Å². The second-order valence-electron chi connectivity index (χ2n) is 13.7. The van der Waals surface area contributed by atoms with E-state index in [9.17, 15) is 20.1 Å². The van der Waals surface area contributed by atoms with E-state index in [1.807, 2.05) is 23.1 Å². The number of carbonyl (C=O) groups is 1. The average molecular weight is 496 g/mol. The van der Waals surface area contributed by atoms with Gasteiger partial charge >= 0.3 is 0 Å². The van der Waals surface area contributed by atoms with Crippen LogP contribution in [0, 0.1) is 46.3 Å². The number of anilines is 1. The normalized spacial score (nSPS) is 46.1. The summed E-state index contributed by atoms with van der Waals surface area (Å²) in [6.45, 7) is 7.69. The second kappa shape index (κ2) is 8.81. The third-order valence-corrected chi connectivity index (χ3v) is 12.2. The van der Waals surface area contributed by atoms with Gasteiger partial charge < -0.3 is 20.2 Å². The molecule has 5 aliphatic rings. The largest absolute Gasteiger partial charge is 0.393 e. The predicted molar refractivity (Wildman–Crippen MR) is 140 cm³/mol. The molecule has 1 amide bonds. The van der Waals surface area contributed by atoms with E-state index in [1.165, 1.54) is 5.56 Å². The maximum atomic E-state index is 13.0. The minimum atomic E-state index is -0.369. The van der Waals surface area contributed by atoms with E-state index >= 15 is 0 Å². The maximum absolute atomic E-state index is 13.0. The smallest absolute Gasteiger partial charge is 0.227 e. The number of carbonyl (C=O) groups excluding carboxylic acids is 1. The lowest BCUT2D eigenvalue weighted by atomic mass is 9.43. The molecule has 4 aliphatic carbocycles. The Morgan fingerprint density at radius 2 is 1.83 bits per heavy atom. The van der Waals surface area contributed by atoms with Gasteiger partial charge in [0.2, 0.25) is 5.91 Å². The summed E-state index contributed by atoms with van der Waals surface area (Å²) < 4.78 is 0. The molecule has 1 aromatic carbocycles. The Morgan fingerprint density at radius 3 is 2.61 bits per heavy atom. The standard InChI is InChI=1S/C31H45NO4/c1-18(8-11-28(36)32-17-19-6-4-5-7-25(19)32)22-9-10-23-29-24(16-27(35)31(22,23)3)30(2)13-12-21(33)14-20(30)15-26(29)34/h4-7,18,20-24,26-27,29,33-35H,8-17H2,1-3H3/t18-,20+,21-,22-,23+,24+,26-,27+,29+,30+,31-/m1/s1. The van der Waals surface area contributed by atoms with Gasteiger partial charge in [0.25, 0.3) is 0 Å². The summed E-state index contributed by atoms with van der Waals surface area (Å²) in [4.78, 5) is 14.9. The zero-order valence-corrected chi connectivity index (χ0v) is 22.3. The molecule has 1 aromatic rings. The highest BCUT2D eigenvalue weighted by atomic mass is 16.3. The van der Waals surface area contributed by atoms with Gasteiger partial charge in [-0.2, -0.15) is 0 Å². The summed E-state index contributed by atoms with van der Waals surface area (Å²) in [6.07, 6.45) is 6.82. The highest BCUT2D eigenvalue weighted by Gasteiger charge is 2.65. The third-order valence-electron chi connectivity index (χ3n) is 12.2. The first-order chi connectivity index (χ1) is 17.1. The summed E-state index contributed by atoms with van der Waals surface area (Å²) in [6, 6.07) is 8.15. The van der Waals surface area contributed by atoms with Gasteiger partial charge in [-0.25, -0.2) is 0 Å². The van der Waals surface area contributed by atoms with Gasteiger partial charge in [0.05, 0.1) is 24.9 Å². The number of fused-ring (bicyclic) bond motifs is 6. The number of rotatable bonds is 4. The van der Waals surface area contributed by atoms with Crippen molar-refractivity contribution in [2.45, 2.75) is 103 Å². The fourth-order valence-corrected chi connectivity index (χ4v) is 10.1. The van der Waals surface area contributed by atoms with Crippen molar-refractivity contribution in [2.24, 2.45) is 46.3 Å². The molecular formula is C31H45NO4. The lowest BCUT2D eigenvalue weighted by Crippen LogP contribution is -2.62. The monoisotopic (exact) mass is 495 g/mol. The third kappa shape index (κ3) is 3.55. The molecule has 11 atom stereocenters. The predicted octanol–water partition coefficient (Wildman–Crippen LogP) is 4.91. The number of benzene rings is 1. The highest BCUT2D eigenvalue weighted by Crippen LogP contribution is 2.68. The molecule has 0 bridgehead atoms. The fraction of sp³-hybridized carbons (Fsp3) is 0.774. The van der Waals surface area contributed by atoms with Gasteiger partial charge in [0, 0.05) is 12.1 Å². The van der Waals surface area contributed by atoms with Gasteiger partial charge in [0.15, 0.2) is 0 Å². The average Bonchev–Trinajstić information content (AvgIpc) is 3.18. The lowest BCUT2D eigenvalue weighted by molar-refractivity contribution is -0.207. The van der Waals surface area contributed by atoms with Crippen molar-refractivity contribution in [3.63, 3.8) is 0 Å². The van der Waals surface area contributed by atoms with Crippen LogP contribution in [-0.4, -0.2) is 39.5 Å². The Bertz CT molecular complexity index is 1010. The first-order valence-electron chi connectivity index (χ1n) is 14.6. The van der Waals surface area contributed by atoms with Crippen molar-refractivity contribution in [1.29, 1.82) is 0 Å². The molecular weight excluding hydrogens is 450 g/mol. The highest BCUT2D eigenvalue weighted by molar-refractivity contribution is 5.97. The first kappa shape index (κ1) is 24.9. The maximum Gasteiger partial charge on any atom is 0.227 e. The Morgan fingerprint density at radius 1 is 1.06 bits per heavy atom. The van der Waals surface area contributed by atoms with E-state index in [0.717, 1.165) is 63.6 Å².